The number of piperazine rings is 1. The highest BCUT2D eigenvalue weighted by atomic mass is 32.2. The van der Waals surface area contributed by atoms with E-state index >= 15 is 0 Å². The van der Waals surface area contributed by atoms with Gasteiger partial charge in [0, 0.05) is 44.5 Å². The lowest BCUT2D eigenvalue weighted by atomic mass is 10.1. The van der Waals surface area contributed by atoms with Crippen LogP contribution < -0.4 is 10.2 Å². The summed E-state index contributed by atoms with van der Waals surface area (Å²) in [6.07, 6.45) is 2.70. The number of aromatic nitrogens is 1. The van der Waals surface area contributed by atoms with Crippen molar-refractivity contribution in [3.8, 4) is 0 Å². The first-order valence-electron chi connectivity index (χ1n) is 10.8. The Balaban J connectivity index is 1.26. The van der Waals surface area contributed by atoms with Crippen LogP contribution in [0.5, 0.6) is 0 Å². The molecule has 0 radical (unpaired) electrons. The van der Waals surface area contributed by atoms with E-state index in [1.165, 1.54) is 11.8 Å². The van der Waals surface area contributed by atoms with Crippen LogP contribution in [0.2, 0.25) is 0 Å². The molecule has 7 nitrogen and oxygen atoms in total. The van der Waals surface area contributed by atoms with Crippen LogP contribution in [0.4, 0.5) is 5.69 Å². The van der Waals surface area contributed by atoms with Crippen LogP contribution in [0.3, 0.4) is 0 Å². The molecule has 0 atom stereocenters. The standard InChI is InChI=1S/C23H29N5O2S/c1-26-12-14-27(15-13-26)11-3-10-24-22(30)19-7-5-18(6-8-19)16-28-20-4-2-9-25-23(20)31-17-21(28)29/h2,4-9H,3,10-17H2,1H3,(H,24,30). The molecule has 1 aromatic carbocycles. The Morgan fingerprint density at radius 3 is 2.68 bits per heavy atom. The van der Waals surface area contributed by atoms with E-state index in [2.05, 4.69) is 27.1 Å². The Hall–Kier alpha value is -2.42. The van der Waals surface area contributed by atoms with Crippen LogP contribution in [0, 0.1) is 0 Å². The minimum absolute atomic E-state index is 0.0510. The van der Waals surface area contributed by atoms with Crippen LogP contribution >= 0.6 is 11.8 Å². The SMILES string of the molecule is CN1CCN(CCCNC(=O)c2ccc(CN3C(=O)CSc4ncccc43)cc2)CC1. The largest absolute Gasteiger partial charge is 0.352 e. The molecule has 164 valence electrons. The summed E-state index contributed by atoms with van der Waals surface area (Å²) in [6, 6.07) is 11.3. The van der Waals surface area contributed by atoms with Crippen LogP contribution in [-0.4, -0.2) is 78.7 Å². The summed E-state index contributed by atoms with van der Waals surface area (Å²) in [5, 5.41) is 3.90. The first kappa shape index (κ1) is 21.8. The first-order valence-corrected chi connectivity index (χ1v) is 11.7. The molecule has 1 saturated heterocycles. The molecule has 2 aliphatic rings. The summed E-state index contributed by atoms with van der Waals surface area (Å²) >= 11 is 1.48. The topological polar surface area (TPSA) is 68.8 Å². The highest BCUT2D eigenvalue weighted by Crippen LogP contribution is 2.33. The second kappa shape index (κ2) is 10.3. The van der Waals surface area contributed by atoms with Crippen molar-refractivity contribution in [2.45, 2.75) is 18.0 Å². The molecular weight excluding hydrogens is 410 g/mol. The summed E-state index contributed by atoms with van der Waals surface area (Å²) in [5.41, 5.74) is 2.48. The highest BCUT2D eigenvalue weighted by Gasteiger charge is 2.25. The number of rotatable bonds is 7. The van der Waals surface area contributed by atoms with E-state index in [9.17, 15) is 9.59 Å². The van der Waals surface area contributed by atoms with Crippen molar-refractivity contribution in [2.24, 2.45) is 0 Å². The maximum atomic E-state index is 12.4. The molecule has 1 N–H and O–H groups in total. The van der Waals surface area contributed by atoms with Gasteiger partial charge in [-0.15, -0.1) is 0 Å². The van der Waals surface area contributed by atoms with Crippen molar-refractivity contribution < 1.29 is 9.59 Å². The number of nitrogens with one attached hydrogen (secondary N) is 1. The zero-order chi connectivity index (χ0) is 21.6. The van der Waals surface area contributed by atoms with Gasteiger partial charge < -0.3 is 20.0 Å². The lowest BCUT2D eigenvalue weighted by molar-refractivity contribution is -0.116. The summed E-state index contributed by atoms with van der Waals surface area (Å²) in [7, 11) is 2.16. The molecule has 0 aliphatic carbocycles. The van der Waals surface area contributed by atoms with Crippen LogP contribution in [-0.2, 0) is 11.3 Å². The molecule has 4 rings (SSSR count). The minimum Gasteiger partial charge on any atom is -0.352 e. The van der Waals surface area contributed by atoms with Crippen molar-refractivity contribution in [2.75, 3.05) is 57.0 Å². The number of hydrogen-bond acceptors (Lipinski definition) is 6. The normalized spacial score (nSPS) is 17.5. The second-order valence-corrected chi connectivity index (χ2v) is 9.01. The van der Waals surface area contributed by atoms with Gasteiger partial charge in [0.1, 0.15) is 5.03 Å². The number of carbonyl (C=O) groups is 2. The zero-order valence-corrected chi connectivity index (χ0v) is 18.7. The Bertz CT molecular complexity index is 912. The third-order valence-electron chi connectivity index (χ3n) is 5.76. The molecule has 1 aromatic heterocycles. The molecule has 8 heteroatoms. The summed E-state index contributed by atoms with van der Waals surface area (Å²) in [5.74, 6) is 0.427. The maximum absolute atomic E-state index is 12.4. The van der Waals surface area contributed by atoms with E-state index in [-0.39, 0.29) is 11.8 Å². The molecule has 3 heterocycles. The van der Waals surface area contributed by atoms with E-state index in [1.807, 2.05) is 36.4 Å². The quantitative estimate of drug-likeness (QED) is 0.667. The number of likely N-dealkylation sites (N-methyl/N-ethyl adjacent to an activating group) is 1. The Morgan fingerprint density at radius 1 is 1.13 bits per heavy atom. The van der Waals surface area contributed by atoms with Gasteiger partial charge >= 0.3 is 0 Å². The fourth-order valence-corrected chi connectivity index (χ4v) is 4.71. The van der Waals surface area contributed by atoms with Crippen molar-refractivity contribution in [3.05, 3.63) is 53.7 Å². The predicted octanol–water partition coefficient (Wildman–Crippen LogP) is 2.09. The molecule has 0 bridgehead atoms. The lowest BCUT2D eigenvalue weighted by Gasteiger charge is -2.32. The van der Waals surface area contributed by atoms with E-state index in [0.717, 1.165) is 55.4 Å². The van der Waals surface area contributed by atoms with Gasteiger partial charge in [0.05, 0.1) is 18.0 Å². The molecule has 0 spiro atoms. The van der Waals surface area contributed by atoms with E-state index in [1.54, 1.807) is 11.1 Å². The smallest absolute Gasteiger partial charge is 0.251 e. The maximum Gasteiger partial charge on any atom is 0.251 e. The van der Waals surface area contributed by atoms with Gasteiger partial charge in [-0.2, -0.15) is 0 Å². The third kappa shape index (κ3) is 5.64. The Labute approximate surface area is 187 Å². The van der Waals surface area contributed by atoms with Gasteiger partial charge in [-0.1, -0.05) is 23.9 Å². The van der Waals surface area contributed by atoms with Crippen LogP contribution in [0.1, 0.15) is 22.3 Å². The number of fused-ring (bicyclic) bond motifs is 1. The first-order chi connectivity index (χ1) is 15.1. The Morgan fingerprint density at radius 2 is 1.90 bits per heavy atom. The number of pyridine rings is 1. The van der Waals surface area contributed by atoms with Crippen molar-refractivity contribution in [1.29, 1.82) is 0 Å². The molecule has 31 heavy (non-hydrogen) atoms. The van der Waals surface area contributed by atoms with Gasteiger partial charge in [-0.05, 0) is 49.8 Å². The number of nitrogens with zero attached hydrogens (tertiary/aromatic N) is 4. The number of carbonyl (C=O) groups excluding carboxylic acids is 2. The van der Waals surface area contributed by atoms with Crippen molar-refractivity contribution in [1.82, 2.24) is 20.1 Å². The van der Waals surface area contributed by atoms with Crippen molar-refractivity contribution >= 4 is 29.3 Å². The minimum atomic E-state index is -0.0510. The number of hydrogen-bond donors (Lipinski definition) is 1. The van der Waals surface area contributed by atoms with Gasteiger partial charge in [-0.3, -0.25) is 9.59 Å². The molecular formula is C23H29N5O2S. The number of amides is 2. The molecule has 0 saturated carbocycles. The molecule has 1 fully saturated rings. The average Bonchev–Trinajstić information content (AvgIpc) is 2.80. The molecule has 2 aliphatic heterocycles. The van der Waals surface area contributed by atoms with Crippen LogP contribution in [0.15, 0.2) is 47.6 Å². The van der Waals surface area contributed by atoms with Gasteiger partial charge in [0.2, 0.25) is 5.91 Å². The van der Waals surface area contributed by atoms with Gasteiger partial charge in [0.15, 0.2) is 0 Å². The van der Waals surface area contributed by atoms with Crippen LogP contribution in [0.25, 0.3) is 0 Å². The van der Waals surface area contributed by atoms with E-state index < -0.39 is 0 Å². The van der Waals surface area contributed by atoms with Gasteiger partial charge in [0.25, 0.3) is 5.91 Å². The molecule has 0 unspecified atom stereocenters. The lowest BCUT2D eigenvalue weighted by Crippen LogP contribution is -2.45. The molecule has 2 amide bonds. The number of thioether (sulfide) groups is 1. The van der Waals surface area contributed by atoms with Crippen molar-refractivity contribution in [3.63, 3.8) is 0 Å². The monoisotopic (exact) mass is 439 g/mol. The number of anilines is 1. The van der Waals surface area contributed by atoms with E-state index in [4.69, 9.17) is 0 Å². The summed E-state index contributed by atoms with van der Waals surface area (Å²) in [6.45, 7) is 6.61. The second-order valence-electron chi connectivity index (χ2n) is 8.05. The summed E-state index contributed by atoms with van der Waals surface area (Å²) in [4.78, 5) is 35.8. The summed E-state index contributed by atoms with van der Waals surface area (Å²) < 4.78 is 0. The highest BCUT2D eigenvalue weighted by molar-refractivity contribution is 8.00. The fraction of sp³-hybridized carbons (Fsp3) is 0.435. The Kier molecular flexibility index (Phi) is 7.21. The third-order valence-corrected chi connectivity index (χ3v) is 6.74. The zero-order valence-electron chi connectivity index (χ0n) is 17.9. The van der Waals surface area contributed by atoms with Gasteiger partial charge in [-0.25, -0.2) is 4.98 Å². The molecule has 2 aromatic rings. The fourth-order valence-electron chi connectivity index (χ4n) is 3.84. The number of benzene rings is 1. The predicted molar refractivity (Wildman–Crippen MR) is 123 cm³/mol. The van der Waals surface area contributed by atoms with E-state index in [0.29, 0.717) is 24.4 Å². The average molecular weight is 440 g/mol.